The van der Waals surface area contributed by atoms with E-state index in [0.717, 1.165) is 27.5 Å². The molecule has 0 fully saturated rings. The van der Waals surface area contributed by atoms with Gasteiger partial charge in [0.05, 0.1) is 0 Å². The average molecular weight is 586 g/mol. The lowest BCUT2D eigenvalue weighted by atomic mass is 9.96. The van der Waals surface area contributed by atoms with Crippen molar-refractivity contribution in [2.75, 3.05) is 0 Å². The van der Waals surface area contributed by atoms with Crippen molar-refractivity contribution in [2.45, 2.75) is 0 Å². The van der Waals surface area contributed by atoms with Crippen LogP contribution in [0.1, 0.15) is 0 Å². The van der Waals surface area contributed by atoms with Gasteiger partial charge in [0.1, 0.15) is 0 Å². The Kier molecular flexibility index (Phi) is 6.14. The van der Waals surface area contributed by atoms with Crippen LogP contribution in [-0.4, -0.2) is 15.0 Å². The third-order valence-electron chi connectivity index (χ3n) is 8.85. The summed E-state index contributed by atoms with van der Waals surface area (Å²) in [6, 6.07) is 57.8. The van der Waals surface area contributed by atoms with Gasteiger partial charge in [0.15, 0.2) is 17.5 Å². The molecule has 0 unspecified atom stereocenters. The van der Waals surface area contributed by atoms with Gasteiger partial charge in [-0.15, -0.1) is 0 Å². The van der Waals surface area contributed by atoms with Crippen LogP contribution in [0.4, 0.5) is 0 Å². The SMILES string of the molecule is c1ccc(-c2nc(-c3ccc4ccccc4c3)nc(-c3ccc4ccc(-c5ccc6c(ccc7ccccc76)c5)cc4c3)n2)cc1. The van der Waals surface area contributed by atoms with Crippen LogP contribution in [0.25, 0.3) is 88.4 Å². The Morgan fingerprint density at radius 3 is 1.41 bits per heavy atom. The normalized spacial score (nSPS) is 11.5. The molecule has 0 aliphatic heterocycles. The van der Waals surface area contributed by atoms with E-state index in [4.69, 9.17) is 15.0 Å². The number of nitrogens with zero attached hydrogens (tertiary/aromatic N) is 3. The predicted molar refractivity (Wildman–Crippen MR) is 192 cm³/mol. The van der Waals surface area contributed by atoms with Gasteiger partial charge in [0.2, 0.25) is 0 Å². The van der Waals surface area contributed by atoms with E-state index in [9.17, 15) is 0 Å². The van der Waals surface area contributed by atoms with E-state index in [1.807, 2.05) is 30.3 Å². The molecule has 46 heavy (non-hydrogen) atoms. The third-order valence-corrected chi connectivity index (χ3v) is 8.85. The fraction of sp³-hybridized carbons (Fsp3) is 0. The van der Waals surface area contributed by atoms with Crippen LogP contribution in [0.5, 0.6) is 0 Å². The summed E-state index contributed by atoms with van der Waals surface area (Å²) in [5.74, 6) is 1.97. The zero-order valence-electron chi connectivity index (χ0n) is 24.9. The molecule has 0 amide bonds. The highest BCUT2D eigenvalue weighted by atomic mass is 15.0. The minimum atomic E-state index is 0.655. The van der Waals surface area contributed by atoms with Gasteiger partial charge >= 0.3 is 0 Å². The number of benzene rings is 8. The Morgan fingerprint density at radius 1 is 0.239 bits per heavy atom. The first-order valence-electron chi connectivity index (χ1n) is 15.5. The summed E-state index contributed by atoms with van der Waals surface area (Å²) in [6.07, 6.45) is 0. The van der Waals surface area contributed by atoms with Gasteiger partial charge in [0.25, 0.3) is 0 Å². The molecule has 0 bridgehead atoms. The Labute approximate surface area is 266 Å². The standard InChI is InChI=1S/C43H27N3/c1-2-10-31(11-3-1)41-44-42(36-20-15-28-8-4-5-12-32(28)25-36)46-43(45-41)37-21-16-29-14-18-33(26-38(29)27-37)34-22-23-40-35(24-34)19-17-30-9-6-7-13-39(30)40/h1-27H. The Morgan fingerprint density at radius 2 is 0.674 bits per heavy atom. The summed E-state index contributed by atoms with van der Waals surface area (Å²) < 4.78 is 0. The monoisotopic (exact) mass is 585 g/mol. The Bertz CT molecular complexity index is 2590. The van der Waals surface area contributed by atoms with Gasteiger partial charge in [-0.1, -0.05) is 140 Å². The molecule has 8 aromatic carbocycles. The summed E-state index contributed by atoms with van der Waals surface area (Å²) in [7, 11) is 0. The number of rotatable bonds is 4. The van der Waals surface area contributed by atoms with Gasteiger partial charge in [-0.2, -0.15) is 0 Å². The van der Waals surface area contributed by atoms with Crippen LogP contribution in [0.15, 0.2) is 164 Å². The highest BCUT2D eigenvalue weighted by Gasteiger charge is 2.14. The van der Waals surface area contributed by atoms with Crippen molar-refractivity contribution < 1.29 is 0 Å². The van der Waals surface area contributed by atoms with Gasteiger partial charge in [-0.3, -0.25) is 0 Å². The van der Waals surface area contributed by atoms with Crippen molar-refractivity contribution in [1.82, 2.24) is 15.0 Å². The average Bonchev–Trinajstić information content (AvgIpc) is 3.14. The molecule has 0 N–H and O–H groups in total. The zero-order valence-corrected chi connectivity index (χ0v) is 24.9. The molecule has 0 spiro atoms. The van der Waals surface area contributed by atoms with Crippen LogP contribution in [0.3, 0.4) is 0 Å². The van der Waals surface area contributed by atoms with E-state index in [2.05, 4.69) is 133 Å². The highest BCUT2D eigenvalue weighted by molar-refractivity contribution is 6.08. The summed E-state index contributed by atoms with van der Waals surface area (Å²) in [5.41, 5.74) is 5.25. The molecule has 214 valence electrons. The second-order valence-electron chi connectivity index (χ2n) is 11.7. The maximum Gasteiger partial charge on any atom is 0.164 e. The first-order valence-corrected chi connectivity index (χ1v) is 15.5. The molecule has 0 aliphatic carbocycles. The third kappa shape index (κ3) is 4.66. The van der Waals surface area contributed by atoms with Crippen LogP contribution in [0, 0.1) is 0 Å². The largest absolute Gasteiger partial charge is 0.208 e. The summed E-state index contributed by atoms with van der Waals surface area (Å²) >= 11 is 0. The van der Waals surface area contributed by atoms with Crippen molar-refractivity contribution in [3.63, 3.8) is 0 Å². The van der Waals surface area contributed by atoms with Crippen molar-refractivity contribution in [3.8, 4) is 45.3 Å². The van der Waals surface area contributed by atoms with Gasteiger partial charge < -0.3 is 0 Å². The lowest BCUT2D eigenvalue weighted by molar-refractivity contribution is 1.08. The molecule has 3 heteroatoms. The van der Waals surface area contributed by atoms with Crippen molar-refractivity contribution in [3.05, 3.63) is 164 Å². The molecule has 9 rings (SSSR count). The lowest BCUT2D eigenvalue weighted by Crippen LogP contribution is -2.00. The minimum Gasteiger partial charge on any atom is -0.208 e. The number of hydrogen-bond acceptors (Lipinski definition) is 3. The highest BCUT2D eigenvalue weighted by Crippen LogP contribution is 2.33. The fourth-order valence-corrected chi connectivity index (χ4v) is 6.44. The number of aromatic nitrogens is 3. The summed E-state index contributed by atoms with van der Waals surface area (Å²) in [5, 5.41) is 9.72. The van der Waals surface area contributed by atoms with E-state index >= 15 is 0 Å². The van der Waals surface area contributed by atoms with Crippen LogP contribution < -0.4 is 0 Å². The summed E-state index contributed by atoms with van der Waals surface area (Å²) in [6.45, 7) is 0. The molecule has 1 aromatic heterocycles. The molecular formula is C43H27N3. The van der Waals surface area contributed by atoms with Crippen LogP contribution >= 0.6 is 0 Å². The molecule has 0 saturated carbocycles. The first-order chi connectivity index (χ1) is 22.7. The van der Waals surface area contributed by atoms with Crippen molar-refractivity contribution >= 4 is 43.1 Å². The molecule has 1 heterocycles. The Hall–Kier alpha value is -6.19. The molecule has 0 saturated heterocycles. The molecule has 0 aliphatic rings. The molecule has 0 radical (unpaired) electrons. The molecular weight excluding hydrogens is 558 g/mol. The van der Waals surface area contributed by atoms with Gasteiger partial charge in [0, 0.05) is 16.7 Å². The maximum atomic E-state index is 5.03. The second kappa shape index (κ2) is 10.8. The van der Waals surface area contributed by atoms with E-state index < -0.39 is 0 Å². The van der Waals surface area contributed by atoms with Crippen molar-refractivity contribution in [1.29, 1.82) is 0 Å². The van der Waals surface area contributed by atoms with Crippen LogP contribution in [-0.2, 0) is 0 Å². The Balaban J connectivity index is 1.16. The zero-order chi connectivity index (χ0) is 30.5. The number of fused-ring (bicyclic) bond motifs is 5. The topological polar surface area (TPSA) is 38.7 Å². The lowest BCUT2D eigenvalue weighted by Gasteiger charge is -2.11. The van der Waals surface area contributed by atoms with E-state index in [0.29, 0.717) is 17.5 Å². The van der Waals surface area contributed by atoms with Crippen molar-refractivity contribution in [2.24, 2.45) is 0 Å². The second-order valence-corrected chi connectivity index (χ2v) is 11.7. The quantitative estimate of drug-likeness (QED) is 0.193. The maximum absolute atomic E-state index is 5.03. The van der Waals surface area contributed by atoms with E-state index in [-0.39, 0.29) is 0 Å². The number of hydrogen-bond donors (Lipinski definition) is 0. The van der Waals surface area contributed by atoms with E-state index in [1.54, 1.807) is 0 Å². The van der Waals surface area contributed by atoms with Crippen LogP contribution in [0.2, 0.25) is 0 Å². The molecule has 3 nitrogen and oxygen atoms in total. The van der Waals surface area contributed by atoms with E-state index in [1.165, 1.54) is 43.4 Å². The molecule has 9 aromatic rings. The first kappa shape index (κ1) is 26.2. The van der Waals surface area contributed by atoms with Gasteiger partial charge in [-0.05, 0) is 78.5 Å². The van der Waals surface area contributed by atoms with Gasteiger partial charge in [-0.25, -0.2) is 15.0 Å². The smallest absolute Gasteiger partial charge is 0.164 e. The minimum absolute atomic E-state index is 0.655. The molecule has 0 atom stereocenters. The fourth-order valence-electron chi connectivity index (χ4n) is 6.44. The predicted octanol–water partition coefficient (Wildman–Crippen LogP) is 11.2. The summed E-state index contributed by atoms with van der Waals surface area (Å²) in [4.78, 5) is 15.0.